The lowest BCUT2D eigenvalue weighted by Crippen LogP contribution is -2.44. The van der Waals surface area contributed by atoms with Gasteiger partial charge in [0.2, 0.25) is 5.96 Å². The smallest absolute Gasteiger partial charge is 0.417 e. The Morgan fingerprint density at radius 2 is 1.93 bits per heavy atom. The molecule has 0 heterocycles. The van der Waals surface area contributed by atoms with E-state index >= 15 is 0 Å². The molecule has 0 aromatic heterocycles. The summed E-state index contributed by atoms with van der Waals surface area (Å²) in [6.45, 7) is 10.1. The van der Waals surface area contributed by atoms with E-state index in [1.807, 2.05) is 34.6 Å². The third kappa shape index (κ3) is 5.24. The van der Waals surface area contributed by atoms with E-state index < -0.39 is 11.7 Å². The highest BCUT2D eigenvalue weighted by atomic mass is 16.6. The maximum absolute atomic E-state index is 11.6. The summed E-state index contributed by atoms with van der Waals surface area (Å²) in [5, 5.41) is 0. The molecule has 0 saturated carbocycles. The first-order chi connectivity index (χ1) is 6.81. The number of hydrogen-bond acceptors (Lipinski definition) is 3. The summed E-state index contributed by atoms with van der Waals surface area (Å²) in [6, 6.07) is 0. The number of ether oxygens (including phenoxy) is 1. The van der Waals surface area contributed by atoms with E-state index in [2.05, 4.69) is 4.99 Å². The molecule has 0 aliphatic heterocycles. The van der Waals surface area contributed by atoms with Gasteiger partial charge < -0.3 is 10.5 Å². The van der Waals surface area contributed by atoms with Crippen LogP contribution < -0.4 is 5.73 Å². The SMILES string of the molecule is CCN=C(N)N(CC)C(=O)OC(C)(C)C. The highest BCUT2D eigenvalue weighted by Gasteiger charge is 2.22. The van der Waals surface area contributed by atoms with Crippen LogP contribution in [-0.2, 0) is 4.74 Å². The minimum atomic E-state index is -0.517. The van der Waals surface area contributed by atoms with E-state index in [0.29, 0.717) is 13.1 Å². The standard InChI is InChI=1S/C10H21N3O2/c1-6-12-8(11)13(7-2)9(14)15-10(3,4)5/h6-7H2,1-5H3,(H2,11,12). The maximum atomic E-state index is 11.6. The lowest BCUT2D eigenvalue weighted by atomic mass is 10.2. The second-order valence-electron chi connectivity index (χ2n) is 4.06. The summed E-state index contributed by atoms with van der Waals surface area (Å²) in [5.74, 6) is 0.203. The Balaban J connectivity index is 4.55. The van der Waals surface area contributed by atoms with Crippen molar-refractivity contribution < 1.29 is 9.53 Å². The molecule has 0 aromatic rings. The second-order valence-corrected chi connectivity index (χ2v) is 4.06. The van der Waals surface area contributed by atoms with Crippen LogP contribution in [0.4, 0.5) is 4.79 Å². The third-order valence-corrected chi connectivity index (χ3v) is 1.53. The van der Waals surface area contributed by atoms with Gasteiger partial charge in [-0.15, -0.1) is 0 Å². The second kappa shape index (κ2) is 5.58. The van der Waals surface area contributed by atoms with Crippen LogP contribution in [0.2, 0.25) is 0 Å². The number of carbonyl (C=O) groups is 1. The van der Waals surface area contributed by atoms with Crippen molar-refractivity contribution in [3.63, 3.8) is 0 Å². The maximum Gasteiger partial charge on any atom is 0.417 e. The van der Waals surface area contributed by atoms with Crippen LogP contribution >= 0.6 is 0 Å². The molecule has 0 fully saturated rings. The predicted molar refractivity (Wildman–Crippen MR) is 60.8 cm³/mol. The molecule has 0 unspecified atom stereocenters. The molecule has 15 heavy (non-hydrogen) atoms. The number of carbonyl (C=O) groups excluding carboxylic acids is 1. The zero-order valence-corrected chi connectivity index (χ0v) is 10.2. The molecule has 0 rings (SSSR count). The zero-order valence-electron chi connectivity index (χ0n) is 10.2. The summed E-state index contributed by atoms with van der Waals surface area (Å²) in [5.41, 5.74) is 5.12. The number of guanidine groups is 1. The molecule has 0 radical (unpaired) electrons. The van der Waals surface area contributed by atoms with Crippen LogP contribution in [-0.4, -0.2) is 35.6 Å². The first-order valence-corrected chi connectivity index (χ1v) is 5.12. The summed E-state index contributed by atoms with van der Waals surface area (Å²) in [6.07, 6.45) is -0.459. The molecule has 0 bridgehead atoms. The highest BCUT2D eigenvalue weighted by molar-refractivity contribution is 5.93. The molecule has 5 heteroatoms. The van der Waals surface area contributed by atoms with Crippen molar-refractivity contribution in [2.75, 3.05) is 13.1 Å². The Morgan fingerprint density at radius 1 is 1.40 bits per heavy atom. The number of amides is 1. The van der Waals surface area contributed by atoms with Gasteiger partial charge in [-0.1, -0.05) is 0 Å². The molecule has 1 amide bonds. The average Bonchev–Trinajstić information content (AvgIpc) is 2.02. The van der Waals surface area contributed by atoms with Crippen molar-refractivity contribution in [2.24, 2.45) is 10.7 Å². The summed E-state index contributed by atoms with van der Waals surface area (Å²) in [7, 11) is 0. The van der Waals surface area contributed by atoms with Crippen LogP contribution in [0, 0.1) is 0 Å². The van der Waals surface area contributed by atoms with Crippen molar-refractivity contribution in [1.29, 1.82) is 0 Å². The molecule has 0 aliphatic carbocycles. The molecule has 0 aromatic carbocycles. The quantitative estimate of drug-likeness (QED) is 0.561. The Labute approximate surface area is 91.3 Å². The van der Waals surface area contributed by atoms with Crippen molar-refractivity contribution in [3.8, 4) is 0 Å². The highest BCUT2D eigenvalue weighted by Crippen LogP contribution is 2.09. The van der Waals surface area contributed by atoms with Crippen molar-refractivity contribution in [1.82, 2.24) is 4.90 Å². The third-order valence-electron chi connectivity index (χ3n) is 1.53. The minimum absolute atomic E-state index is 0.203. The van der Waals surface area contributed by atoms with Gasteiger partial charge in [0.15, 0.2) is 0 Å². The molecule has 0 saturated heterocycles. The number of nitrogens with two attached hydrogens (primary N) is 1. The number of nitrogens with zero attached hydrogens (tertiary/aromatic N) is 2. The van der Waals surface area contributed by atoms with Crippen molar-refractivity contribution >= 4 is 12.1 Å². The first-order valence-electron chi connectivity index (χ1n) is 5.12. The number of aliphatic imine (C=N–C) groups is 1. The Hall–Kier alpha value is -1.26. The molecule has 0 aliphatic rings. The number of hydrogen-bond donors (Lipinski definition) is 1. The van der Waals surface area contributed by atoms with Gasteiger partial charge in [0.25, 0.3) is 0 Å². The van der Waals surface area contributed by atoms with Crippen molar-refractivity contribution in [2.45, 2.75) is 40.2 Å². The number of rotatable bonds is 2. The van der Waals surface area contributed by atoms with E-state index in [0.717, 1.165) is 0 Å². The molecular weight excluding hydrogens is 194 g/mol. The Kier molecular flexibility index (Phi) is 5.11. The van der Waals surface area contributed by atoms with E-state index in [1.54, 1.807) is 0 Å². The molecule has 88 valence electrons. The van der Waals surface area contributed by atoms with E-state index in [1.165, 1.54) is 4.90 Å². The largest absolute Gasteiger partial charge is 0.443 e. The van der Waals surface area contributed by atoms with Gasteiger partial charge in [0.05, 0.1) is 0 Å². The van der Waals surface area contributed by atoms with Gasteiger partial charge in [-0.3, -0.25) is 4.99 Å². The lowest BCUT2D eigenvalue weighted by molar-refractivity contribution is 0.0374. The normalized spacial score (nSPS) is 12.5. The molecule has 0 atom stereocenters. The fourth-order valence-corrected chi connectivity index (χ4v) is 0.949. The molecule has 0 spiro atoms. The summed E-state index contributed by atoms with van der Waals surface area (Å²) < 4.78 is 5.18. The van der Waals surface area contributed by atoms with Crippen LogP contribution in [0.1, 0.15) is 34.6 Å². The van der Waals surface area contributed by atoms with E-state index in [4.69, 9.17) is 10.5 Å². The van der Waals surface area contributed by atoms with E-state index in [9.17, 15) is 4.79 Å². The van der Waals surface area contributed by atoms with Gasteiger partial charge in [0.1, 0.15) is 5.60 Å². The van der Waals surface area contributed by atoms with Gasteiger partial charge >= 0.3 is 6.09 Å². The molecular formula is C10H21N3O2. The summed E-state index contributed by atoms with van der Waals surface area (Å²) in [4.78, 5) is 16.9. The Bertz CT molecular complexity index is 244. The molecule has 5 nitrogen and oxygen atoms in total. The van der Waals surface area contributed by atoms with Crippen LogP contribution in [0.5, 0.6) is 0 Å². The van der Waals surface area contributed by atoms with E-state index in [-0.39, 0.29) is 5.96 Å². The van der Waals surface area contributed by atoms with Gasteiger partial charge in [-0.05, 0) is 34.6 Å². The minimum Gasteiger partial charge on any atom is -0.443 e. The van der Waals surface area contributed by atoms with Gasteiger partial charge in [-0.25, -0.2) is 9.69 Å². The van der Waals surface area contributed by atoms with Gasteiger partial charge in [-0.2, -0.15) is 0 Å². The van der Waals surface area contributed by atoms with Crippen LogP contribution in [0.25, 0.3) is 0 Å². The monoisotopic (exact) mass is 215 g/mol. The molecule has 2 N–H and O–H groups in total. The zero-order chi connectivity index (χ0) is 12.1. The van der Waals surface area contributed by atoms with Gasteiger partial charge in [0, 0.05) is 13.1 Å². The summed E-state index contributed by atoms with van der Waals surface area (Å²) >= 11 is 0. The average molecular weight is 215 g/mol. The Morgan fingerprint density at radius 3 is 2.27 bits per heavy atom. The predicted octanol–water partition coefficient (Wildman–Crippen LogP) is 1.58. The fourth-order valence-electron chi connectivity index (χ4n) is 0.949. The fraction of sp³-hybridized carbons (Fsp3) is 0.800. The first kappa shape index (κ1) is 13.7. The lowest BCUT2D eigenvalue weighted by Gasteiger charge is -2.25. The van der Waals surface area contributed by atoms with Crippen molar-refractivity contribution in [3.05, 3.63) is 0 Å². The topological polar surface area (TPSA) is 67.9 Å². The van der Waals surface area contributed by atoms with Crippen LogP contribution in [0.15, 0.2) is 4.99 Å². The van der Waals surface area contributed by atoms with Crippen LogP contribution in [0.3, 0.4) is 0 Å².